The molecule has 0 aromatic heterocycles. The molecule has 128 valence electrons. The molecule has 9 nitrogen and oxygen atoms in total. The van der Waals surface area contributed by atoms with Crippen LogP contribution in [0.3, 0.4) is 0 Å². The zero-order chi connectivity index (χ0) is 18.0. The molecule has 1 heterocycles. The molecule has 0 spiro atoms. The van der Waals surface area contributed by atoms with Crippen molar-refractivity contribution < 1.29 is 19.4 Å². The van der Waals surface area contributed by atoms with Crippen LogP contribution in [0.5, 0.6) is 5.75 Å². The molecule has 1 aliphatic heterocycles. The number of amides is 1. The number of nitro groups is 2. The molecule has 2 aromatic carbocycles. The number of fused-ring (bicyclic) bond motifs is 1. The van der Waals surface area contributed by atoms with Crippen LogP contribution in [0.1, 0.15) is 5.56 Å². The monoisotopic (exact) mass is 343 g/mol. The van der Waals surface area contributed by atoms with Crippen molar-refractivity contribution in [1.82, 2.24) is 0 Å². The Morgan fingerprint density at radius 1 is 1.12 bits per heavy atom. The molecule has 25 heavy (non-hydrogen) atoms. The van der Waals surface area contributed by atoms with Gasteiger partial charge in [0.2, 0.25) is 0 Å². The molecular formula is C16H13N3O6. The number of carbonyl (C=O) groups excluding carboxylic acids is 1. The maximum atomic E-state index is 12.4. The molecule has 0 unspecified atom stereocenters. The second-order valence-electron chi connectivity index (χ2n) is 5.38. The van der Waals surface area contributed by atoms with Crippen molar-refractivity contribution in [1.29, 1.82) is 0 Å². The molecule has 2 aromatic rings. The van der Waals surface area contributed by atoms with E-state index in [1.165, 1.54) is 35.2 Å². The number of nitro benzene ring substituents is 2. The highest BCUT2D eigenvalue weighted by Crippen LogP contribution is 2.32. The predicted molar refractivity (Wildman–Crippen MR) is 87.7 cm³/mol. The Morgan fingerprint density at radius 3 is 2.60 bits per heavy atom. The lowest BCUT2D eigenvalue weighted by Gasteiger charge is -2.17. The van der Waals surface area contributed by atoms with Gasteiger partial charge in [-0.05, 0) is 18.1 Å². The van der Waals surface area contributed by atoms with Crippen molar-refractivity contribution in [3.63, 3.8) is 0 Å². The molecule has 0 aliphatic carbocycles. The van der Waals surface area contributed by atoms with Gasteiger partial charge in [-0.15, -0.1) is 0 Å². The highest BCUT2D eigenvalue weighted by Gasteiger charge is 2.27. The average molecular weight is 343 g/mol. The summed E-state index contributed by atoms with van der Waals surface area (Å²) in [5.74, 6) is -0.420. The molecule has 0 radical (unpaired) electrons. The summed E-state index contributed by atoms with van der Waals surface area (Å²) >= 11 is 0. The fraction of sp³-hybridized carbons (Fsp3) is 0.188. The van der Waals surface area contributed by atoms with Crippen molar-refractivity contribution in [2.45, 2.75) is 6.42 Å². The summed E-state index contributed by atoms with van der Waals surface area (Å²) in [6, 6.07) is 10.2. The van der Waals surface area contributed by atoms with Crippen LogP contribution in [0.2, 0.25) is 0 Å². The van der Waals surface area contributed by atoms with E-state index in [1.807, 2.05) is 0 Å². The van der Waals surface area contributed by atoms with Gasteiger partial charge in [-0.2, -0.15) is 0 Å². The van der Waals surface area contributed by atoms with Gasteiger partial charge in [0.1, 0.15) is 0 Å². The third-order valence-electron chi connectivity index (χ3n) is 3.89. The number of anilines is 1. The quantitative estimate of drug-likeness (QED) is 0.608. The van der Waals surface area contributed by atoms with Crippen LogP contribution < -0.4 is 9.64 Å². The number of ether oxygens (including phenoxy) is 1. The number of benzene rings is 2. The van der Waals surface area contributed by atoms with Gasteiger partial charge >= 0.3 is 5.69 Å². The van der Waals surface area contributed by atoms with Crippen molar-refractivity contribution in [2.24, 2.45) is 0 Å². The van der Waals surface area contributed by atoms with Crippen molar-refractivity contribution >= 4 is 23.0 Å². The predicted octanol–water partition coefficient (Wildman–Crippen LogP) is 2.47. The molecule has 0 N–H and O–H groups in total. The van der Waals surface area contributed by atoms with Crippen molar-refractivity contribution in [3.8, 4) is 5.75 Å². The van der Waals surface area contributed by atoms with Gasteiger partial charge in [-0.25, -0.2) is 0 Å². The summed E-state index contributed by atoms with van der Waals surface area (Å²) in [6.45, 7) is -0.0113. The third-order valence-corrected chi connectivity index (χ3v) is 3.89. The highest BCUT2D eigenvalue weighted by molar-refractivity contribution is 5.96. The molecule has 1 amide bonds. The summed E-state index contributed by atoms with van der Waals surface area (Å²) < 4.78 is 5.30. The van der Waals surface area contributed by atoms with E-state index in [4.69, 9.17) is 4.74 Å². The lowest BCUT2D eigenvalue weighted by molar-refractivity contribution is -0.385. The normalized spacial score (nSPS) is 12.6. The molecule has 0 bridgehead atoms. The summed E-state index contributed by atoms with van der Waals surface area (Å²) in [7, 11) is 0. The maximum absolute atomic E-state index is 12.4. The highest BCUT2D eigenvalue weighted by atomic mass is 16.6. The minimum Gasteiger partial charge on any atom is -0.477 e. The van der Waals surface area contributed by atoms with Gasteiger partial charge in [-0.3, -0.25) is 25.0 Å². The van der Waals surface area contributed by atoms with Crippen molar-refractivity contribution in [3.05, 3.63) is 68.3 Å². The Kier molecular flexibility index (Phi) is 4.29. The second-order valence-corrected chi connectivity index (χ2v) is 5.38. The molecule has 9 heteroatoms. The number of non-ortho nitro benzene ring substituents is 1. The first-order valence-corrected chi connectivity index (χ1v) is 7.41. The first-order valence-electron chi connectivity index (χ1n) is 7.41. The smallest absolute Gasteiger partial charge is 0.310 e. The maximum Gasteiger partial charge on any atom is 0.310 e. The van der Waals surface area contributed by atoms with E-state index >= 15 is 0 Å². The van der Waals surface area contributed by atoms with E-state index in [-0.39, 0.29) is 17.1 Å². The largest absolute Gasteiger partial charge is 0.477 e. The van der Waals surface area contributed by atoms with Gasteiger partial charge in [0.15, 0.2) is 12.4 Å². The van der Waals surface area contributed by atoms with Crippen LogP contribution in [0.25, 0.3) is 0 Å². The van der Waals surface area contributed by atoms with Gasteiger partial charge < -0.3 is 9.64 Å². The zero-order valence-corrected chi connectivity index (χ0v) is 13.0. The molecule has 1 aliphatic rings. The Labute approximate surface area is 141 Å². The number of para-hydroxylation sites is 2. The molecular weight excluding hydrogens is 330 g/mol. The zero-order valence-electron chi connectivity index (χ0n) is 13.0. The number of carbonyl (C=O) groups is 1. The summed E-state index contributed by atoms with van der Waals surface area (Å²) in [4.78, 5) is 34.6. The van der Waals surface area contributed by atoms with Gasteiger partial charge in [0, 0.05) is 24.7 Å². The van der Waals surface area contributed by atoms with E-state index < -0.39 is 22.4 Å². The fourth-order valence-electron chi connectivity index (χ4n) is 2.69. The topological polar surface area (TPSA) is 116 Å². The van der Waals surface area contributed by atoms with Crippen LogP contribution >= 0.6 is 0 Å². The standard InChI is InChI=1S/C16H13N3O6/c20-16(10-25-15-4-2-1-3-13(15)19(23)24)17-8-7-11-5-6-12(18(21)22)9-14(11)17/h1-6,9H,7-8,10H2. The minimum atomic E-state index is -0.589. The first-order chi connectivity index (χ1) is 12.0. The van der Waals surface area contributed by atoms with E-state index in [9.17, 15) is 25.0 Å². The molecule has 3 rings (SSSR count). The minimum absolute atomic E-state index is 0.000636. The van der Waals surface area contributed by atoms with E-state index in [1.54, 1.807) is 12.1 Å². The second kappa shape index (κ2) is 6.56. The van der Waals surface area contributed by atoms with Crippen LogP contribution in [0.4, 0.5) is 17.1 Å². The van der Waals surface area contributed by atoms with E-state index in [0.29, 0.717) is 18.7 Å². The van der Waals surface area contributed by atoms with Gasteiger partial charge in [0.25, 0.3) is 11.6 Å². The average Bonchev–Trinajstić information content (AvgIpc) is 3.03. The number of rotatable bonds is 5. The van der Waals surface area contributed by atoms with Crippen LogP contribution in [0.15, 0.2) is 42.5 Å². The Bertz CT molecular complexity index is 867. The Hall–Kier alpha value is -3.49. The molecule has 0 saturated heterocycles. The summed E-state index contributed by atoms with van der Waals surface area (Å²) in [5, 5.41) is 21.9. The van der Waals surface area contributed by atoms with Gasteiger partial charge in [-0.1, -0.05) is 18.2 Å². The van der Waals surface area contributed by atoms with Crippen LogP contribution in [-0.2, 0) is 11.2 Å². The lowest BCUT2D eigenvalue weighted by atomic mass is 10.1. The van der Waals surface area contributed by atoms with E-state index in [2.05, 4.69) is 0 Å². The summed E-state index contributed by atoms with van der Waals surface area (Å²) in [6.07, 6.45) is 0.588. The number of nitrogens with zero attached hydrogens (tertiary/aromatic N) is 3. The molecule has 0 atom stereocenters. The Morgan fingerprint density at radius 2 is 1.88 bits per heavy atom. The van der Waals surface area contributed by atoms with Crippen LogP contribution in [0, 0.1) is 20.2 Å². The Balaban J connectivity index is 1.75. The lowest BCUT2D eigenvalue weighted by Crippen LogP contribution is -2.33. The van der Waals surface area contributed by atoms with Crippen LogP contribution in [-0.4, -0.2) is 28.9 Å². The molecule has 0 saturated carbocycles. The fourth-order valence-corrected chi connectivity index (χ4v) is 2.69. The molecule has 0 fully saturated rings. The SMILES string of the molecule is O=C(COc1ccccc1[N+](=O)[O-])N1CCc2ccc([N+](=O)[O-])cc21. The van der Waals surface area contributed by atoms with Gasteiger partial charge in [0.05, 0.1) is 15.5 Å². The third kappa shape index (κ3) is 3.25. The number of hydrogen-bond acceptors (Lipinski definition) is 6. The van der Waals surface area contributed by atoms with Crippen molar-refractivity contribution in [2.75, 3.05) is 18.1 Å². The van der Waals surface area contributed by atoms with E-state index in [0.717, 1.165) is 5.56 Å². The first kappa shape index (κ1) is 16.4. The number of hydrogen-bond donors (Lipinski definition) is 0. The summed E-state index contributed by atoms with van der Waals surface area (Å²) in [5.41, 5.74) is 0.987.